The normalized spacial score (nSPS) is 22.0. The van der Waals surface area contributed by atoms with Gasteiger partial charge < -0.3 is 5.32 Å². The highest BCUT2D eigenvalue weighted by atomic mass is 32.2. The number of sulfonamides is 2. The van der Waals surface area contributed by atoms with Crippen molar-refractivity contribution in [1.29, 1.82) is 0 Å². The molecule has 0 bridgehead atoms. The molecule has 1 fully saturated rings. The summed E-state index contributed by atoms with van der Waals surface area (Å²) in [5.74, 6) is 0.107. The molecular formula is C11H25N3O4S2. The quantitative estimate of drug-likeness (QED) is 0.608. The number of hydrogen-bond acceptors (Lipinski definition) is 5. The zero-order valence-corrected chi connectivity index (χ0v) is 13.8. The number of rotatable bonds is 8. The molecule has 20 heavy (non-hydrogen) atoms. The Labute approximate surface area is 122 Å². The summed E-state index contributed by atoms with van der Waals surface area (Å²) in [6, 6.07) is 0. The third-order valence-corrected chi connectivity index (χ3v) is 6.67. The Kier molecular flexibility index (Phi) is 6.86. The molecule has 0 aromatic rings. The summed E-state index contributed by atoms with van der Waals surface area (Å²) >= 11 is 0. The fraction of sp³-hybridized carbons (Fsp3) is 1.00. The lowest BCUT2D eigenvalue weighted by Gasteiger charge is -2.31. The number of hydrogen-bond donors (Lipinski definition) is 2. The molecule has 1 saturated heterocycles. The number of nitrogens with one attached hydrogen (secondary N) is 2. The molecule has 2 N–H and O–H groups in total. The van der Waals surface area contributed by atoms with Gasteiger partial charge in [-0.25, -0.2) is 25.9 Å². The molecule has 0 spiro atoms. The smallest absolute Gasteiger partial charge is 0.215 e. The Bertz CT molecular complexity index is 488. The lowest BCUT2D eigenvalue weighted by atomic mass is 10.00. The molecule has 1 rings (SSSR count). The van der Waals surface area contributed by atoms with Crippen LogP contribution in [0.1, 0.15) is 19.8 Å². The molecule has 1 unspecified atom stereocenters. The molecule has 120 valence electrons. The molecule has 9 heteroatoms. The van der Waals surface area contributed by atoms with Crippen molar-refractivity contribution >= 4 is 20.0 Å². The van der Waals surface area contributed by atoms with Crippen molar-refractivity contribution in [3.05, 3.63) is 0 Å². The van der Waals surface area contributed by atoms with Crippen LogP contribution in [0.2, 0.25) is 0 Å². The van der Waals surface area contributed by atoms with E-state index >= 15 is 0 Å². The Morgan fingerprint density at radius 1 is 1.25 bits per heavy atom. The molecule has 0 aliphatic carbocycles. The van der Waals surface area contributed by atoms with Crippen LogP contribution >= 0.6 is 0 Å². The highest BCUT2D eigenvalue weighted by Gasteiger charge is 2.28. The minimum Gasteiger partial charge on any atom is -0.319 e. The van der Waals surface area contributed by atoms with Crippen molar-refractivity contribution < 1.29 is 16.8 Å². The molecule has 7 nitrogen and oxygen atoms in total. The van der Waals surface area contributed by atoms with Crippen LogP contribution in [0.15, 0.2) is 0 Å². The fourth-order valence-electron chi connectivity index (χ4n) is 2.29. The summed E-state index contributed by atoms with van der Waals surface area (Å²) in [7, 11) is -4.87. The second-order valence-corrected chi connectivity index (χ2v) is 9.22. The van der Waals surface area contributed by atoms with Crippen molar-refractivity contribution in [2.75, 3.05) is 44.7 Å². The third-order valence-electron chi connectivity index (χ3n) is 3.43. The average Bonchev–Trinajstić information content (AvgIpc) is 2.39. The summed E-state index contributed by atoms with van der Waals surface area (Å²) in [6.07, 6.45) is 1.88. The molecule has 1 aliphatic heterocycles. The minimum atomic E-state index is -3.39. The number of piperidine rings is 1. The standard InChI is InChI=1S/C11H25N3O4S2/c1-3-19(15,16)13-6-8-20(17,18)14-7-4-5-11(10-14)9-12-2/h11-13H,3-10H2,1-2H3. The molecule has 1 atom stereocenters. The monoisotopic (exact) mass is 327 g/mol. The Hall–Kier alpha value is -0.220. The first kappa shape index (κ1) is 17.8. The van der Waals surface area contributed by atoms with Crippen LogP contribution < -0.4 is 10.0 Å². The van der Waals surface area contributed by atoms with Gasteiger partial charge in [0.1, 0.15) is 0 Å². The van der Waals surface area contributed by atoms with E-state index in [9.17, 15) is 16.8 Å². The summed E-state index contributed by atoms with van der Waals surface area (Å²) in [5, 5.41) is 3.07. The fourth-order valence-corrected chi connectivity index (χ4v) is 4.50. The molecule has 0 saturated carbocycles. The van der Waals surface area contributed by atoms with Crippen molar-refractivity contribution in [3.8, 4) is 0 Å². The average molecular weight is 327 g/mol. The van der Waals surface area contributed by atoms with Gasteiger partial charge in [-0.1, -0.05) is 0 Å². The van der Waals surface area contributed by atoms with Gasteiger partial charge in [0.05, 0.1) is 11.5 Å². The second kappa shape index (κ2) is 7.69. The van der Waals surface area contributed by atoms with E-state index in [0.717, 1.165) is 19.4 Å². The summed E-state index contributed by atoms with van der Waals surface area (Å²) < 4.78 is 50.7. The van der Waals surface area contributed by atoms with Crippen LogP contribution in [0.4, 0.5) is 0 Å². The molecule has 1 heterocycles. The number of nitrogens with zero attached hydrogens (tertiary/aromatic N) is 1. The van der Waals surface area contributed by atoms with Gasteiger partial charge >= 0.3 is 0 Å². The van der Waals surface area contributed by atoms with Crippen LogP contribution in [0.5, 0.6) is 0 Å². The topological polar surface area (TPSA) is 95.6 Å². The van der Waals surface area contributed by atoms with E-state index in [1.165, 1.54) is 11.2 Å². The first-order valence-electron chi connectivity index (χ1n) is 6.90. The van der Waals surface area contributed by atoms with Gasteiger partial charge in [0.2, 0.25) is 20.0 Å². The van der Waals surface area contributed by atoms with E-state index in [4.69, 9.17) is 0 Å². The van der Waals surface area contributed by atoms with E-state index in [0.29, 0.717) is 19.0 Å². The van der Waals surface area contributed by atoms with Crippen LogP contribution in [0.3, 0.4) is 0 Å². The molecule has 0 amide bonds. The molecule has 1 aliphatic rings. The second-order valence-electron chi connectivity index (χ2n) is 5.04. The molecule has 0 aromatic heterocycles. The van der Waals surface area contributed by atoms with Crippen molar-refractivity contribution in [3.63, 3.8) is 0 Å². The van der Waals surface area contributed by atoms with E-state index in [-0.39, 0.29) is 18.1 Å². The predicted molar refractivity (Wildman–Crippen MR) is 79.5 cm³/mol. The van der Waals surface area contributed by atoms with Crippen molar-refractivity contribution in [2.24, 2.45) is 5.92 Å². The summed E-state index contributed by atoms with van der Waals surface area (Å²) in [4.78, 5) is 0. The Morgan fingerprint density at radius 3 is 2.55 bits per heavy atom. The molecule has 0 aromatic carbocycles. The molecular weight excluding hydrogens is 302 g/mol. The van der Waals surface area contributed by atoms with Crippen LogP contribution in [0.25, 0.3) is 0 Å². The highest BCUT2D eigenvalue weighted by Crippen LogP contribution is 2.18. The van der Waals surface area contributed by atoms with Gasteiger partial charge in [-0.3, -0.25) is 0 Å². The Morgan fingerprint density at radius 2 is 1.95 bits per heavy atom. The van der Waals surface area contributed by atoms with Gasteiger partial charge in [-0.15, -0.1) is 0 Å². The van der Waals surface area contributed by atoms with Crippen molar-refractivity contribution in [2.45, 2.75) is 19.8 Å². The summed E-state index contributed by atoms with van der Waals surface area (Å²) in [5.41, 5.74) is 0. The first-order valence-corrected chi connectivity index (χ1v) is 10.2. The van der Waals surface area contributed by atoms with Gasteiger partial charge in [-0.2, -0.15) is 0 Å². The predicted octanol–water partition coefficient (Wildman–Crippen LogP) is -0.813. The van der Waals surface area contributed by atoms with E-state index in [2.05, 4.69) is 10.0 Å². The largest absolute Gasteiger partial charge is 0.319 e. The SMILES string of the molecule is CCS(=O)(=O)NCCS(=O)(=O)N1CCCC(CNC)C1. The highest BCUT2D eigenvalue weighted by molar-refractivity contribution is 7.90. The van der Waals surface area contributed by atoms with E-state index < -0.39 is 20.0 Å². The van der Waals surface area contributed by atoms with Gasteiger partial charge in [0.25, 0.3) is 0 Å². The van der Waals surface area contributed by atoms with Crippen LogP contribution in [-0.4, -0.2) is 65.9 Å². The van der Waals surface area contributed by atoms with Gasteiger partial charge in [0, 0.05) is 19.6 Å². The lowest BCUT2D eigenvalue weighted by Crippen LogP contribution is -2.45. The Balaban J connectivity index is 2.51. The van der Waals surface area contributed by atoms with E-state index in [1.807, 2.05) is 7.05 Å². The maximum absolute atomic E-state index is 12.2. The van der Waals surface area contributed by atoms with E-state index in [1.54, 1.807) is 0 Å². The van der Waals surface area contributed by atoms with Crippen LogP contribution in [-0.2, 0) is 20.0 Å². The van der Waals surface area contributed by atoms with Gasteiger partial charge in [0.15, 0.2) is 0 Å². The maximum Gasteiger partial charge on any atom is 0.215 e. The minimum absolute atomic E-state index is 0.0407. The third kappa shape index (κ3) is 5.65. The van der Waals surface area contributed by atoms with Gasteiger partial charge in [-0.05, 0) is 39.3 Å². The maximum atomic E-state index is 12.2. The van der Waals surface area contributed by atoms with Crippen LogP contribution in [0, 0.1) is 5.92 Å². The van der Waals surface area contributed by atoms with Crippen molar-refractivity contribution in [1.82, 2.24) is 14.3 Å². The zero-order valence-electron chi connectivity index (χ0n) is 12.1. The summed E-state index contributed by atoms with van der Waals surface area (Å²) in [6.45, 7) is 3.30. The molecule has 0 radical (unpaired) electrons. The first-order chi connectivity index (χ1) is 9.30. The lowest BCUT2D eigenvalue weighted by molar-refractivity contribution is 0.263. The zero-order chi connectivity index (χ0) is 15.2.